The molecule has 2 heterocycles. The maximum atomic E-state index is 5.55. The van der Waals surface area contributed by atoms with Crippen LogP contribution in [-0.4, -0.2) is 16.1 Å². The Morgan fingerprint density at radius 1 is 1.57 bits per heavy atom. The number of aromatic nitrogens is 2. The molecule has 0 aliphatic carbocycles. The van der Waals surface area contributed by atoms with Gasteiger partial charge in [-0.2, -0.15) is 0 Å². The quantitative estimate of drug-likeness (QED) is 0.831. The van der Waals surface area contributed by atoms with Gasteiger partial charge in [0.2, 0.25) is 0 Å². The average molecular weight is 207 g/mol. The van der Waals surface area contributed by atoms with E-state index in [9.17, 15) is 0 Å². The number of nitrogens with zero attached hydrogens (tertiary/aromatic N) is 2. The molecule has 3 nitrogen and oxygen atoms in total. The van der Waals surface area contributed by atoms with Crippen molar-refractivity contribution in [1.82, 2.24) is 9.55 Å². The van der Waals surface area contributed by atoms with Crippen LogP contribution < -0.4 is 5.73 Å². The SMILES string of the molecule is Cn1cnc(CCN)c1-c1cccs1. The van der Waals surface area contributed by atoms with Gasteiger partial charge in [0, 0.05) is 13.5 Å². The van der Waals surface area contributed by atoms with E-state index in [-0.39, 0.29) is 0 Å². The van der Waals surface area contributed by atoms with E-state index in [4.69, 9.17) is 5.73 Å². The third-order valence-corrected chi connectivity index (χ3v) is 3.03. The fourth-order valence-corrected chi connectivity index (χ4v) is 2.36. The molecular formula is C10H13N3S. The van der Waals surface area contributed by atoms with Gasteiger partial charge in [0.05, 0.1) is 22.6 Å². The third-order valence-electron chi connectivity index (χ3n) is 2.15. The number of nitrogens with two attached hydrogens (primary N) is 1. The number of hydrogen-bond donors (Lipinski definition) is 1. The Balaban J connectivity index is 2.45. The van der Waals surface area contributed by atoms with Gasteiger partial charge in [0.1, 0.15) is 0 Å². The fraction of sp³-hybridized carbons (Fsp3) is 0.300. The Hall–Kier alpha value is -1.13. The lowest BCUT2D eigenvalue weighted by molar-refractivity contribution is 0.919. The Labute approximate surface area is 87.2 Å². The second kappa shape index (κ2) is 3.94. The Morgan fingerprint density at radius 3 is 3.07 bits per heavy atom. The second-order valence-electron chi connectivity index (χ2n) is 3.17. The summed E-state index contributed by atoms with van der Waals surface area (Å²) < 4.78 is 2.05. The van der Waals surface area contributed by atoms with Crippen molar-refractivity contribution >= 4 is 11.3 Å². The van der Waals surface area contributed by atoms with Gasteiger partial charge in [-0.25, -0.2) is 4.98 Å². The summed E-state index contributed by atoms with van der Waals surface area (Å²) in [7, 11) is 2.02. The second-order valence-corrected chi connectivity index (χ2v) is 4.11. The van der Waals surface area contributed by atoms with Crippen molar-refractivity contribution in [3.05, 3.63) is 29.5 Å². The van der Waals surface area contributed by atoms with E-state index in [1.54, 1.807) is 11.3 Å². The predicted octanol–water partition coefficient (Wildman–Crippen LogP) is 1.65. The normalized spacial score (nSPS) is 10.7. The van der Waals surface area contributed by atoms with E-state index < -0.39 is 0 Å². The van der Waals surface area contributed by atoms with E-state index in [1.165, 1.54) is 10.6 Å². The average Bonchev–Trinajstić information content (AvgIpc) is 2.76. The molecule has 2 aromatic rings. The molecule has 0 aliphatic heterocycles. The summed E-state index contributed by atoms with van der Waals surface area (Å²) in [6.45, 7) is 0.648. The summed E-state index contributed by atoms with van der Waals surface area (Å²) >= 11 is 1.73. The molecule has 0 aromatic carbocycles. The smallest absolute Gasteiger partial charge is 0.0951 e. The minimum atomic E-state index is 0.648. The molecule has 0 unspecified atom stereocenters. The molecule has 0 bridgehead atoms. The van der Waals surface area contributed by atoms with E-state index in [1.807, 2.05) is 13.4 Å². The van der Waals surface area contributed by atoms with Crippen LogP contribution in [0.3, 0.4) is 0 Å². The predicted molar refractivity (Wildman–Crippen MR) is 59.3 cm³/mol. The summed E-state index contributed by atoms with van der Waals surface area (Å²) in [6, 6.07) is 4.17. The molecule has 2 aromatic heterocycles. The minimum Gasteiger partial charge on any atom is -0.333 e. The zero-order chi connectivity index (χ0) is 9.97. The number of rotatable bonds is 3. The maximum absolute atomic E-state index is 5.55. The largest absolute Gasteiger partial charge is 0.333 e. The van der Waals surface area contributed by atoms with Crippen LogP contribution in [0.4, 0.5) is 0 Å². The van der Waals surface area contributed by atoms with E-state index >= 15 is 0 Å². The molecule has 0 saturated carbocycles. The molecule has 0 fully saturated rings. The highest BCUT2D eigenvalue weighted by atomic mass is 32.1. The van der Waals surface area contributed by atoms with Crippen LogP contribution in [0, 0.1) is 0 Å². The van der Waals surface area contributed by atoms with Crippen molar-refractivity contribution in [2.75, 3.05) is 6.54 Å². The number of thiophene rings is 1. The van der Waals surface area contributed by atoms with Gasteiger partial charge in [0.15, 0.2) is 0 Å². The molecule has 2 N–H and O–H groups in total. The van der Waals surface area contributed by atoms with E-state index in [0.29, 0.717) is 6.54 Å². The standard InChI is InChI=1S/C10H13N3S/c1-13-7-12-8(4-5-11)10(13)9-3-2-6-14-9/h2-3,6-7H,4-5,11H2,1H3. The molecule has 0 aliphatic rings. The molecule has 0 saturated heterocycles. The van der Waals surface area contributed by atoms with Crippen molar-refractivity contribution in [3.63, 3.8) is 0 Å². The van der Waals surface area contributed by atoms with Crippen molar-refractivity contribution in [3.8, 4) is 10.6 Å². The van der Waals surface area contributed by atoms with Crippen LogP contribution in [0.25, 0.3) is 10.6 Å². The highest BCUT2D eigenvalue weighted by Gasteiger charge is 2.10. The first-order valence-electron chi connectivity index (χ1n) is 4.57. The lowest BCUT2D eigenvalue weighted by Gasteiger charge is -2.02. The first kappa shape index (κ1) is 9.43. The van der Waals surface area contributed by atoms with Crippen molar-refractivity contribution in [2.45, 2.75) is 6.42 Å². The van der Waals surface area contributed by atoms with Crippen LogP contribution in [0.5, 0.6) is 0 Å². The van der Waals surface area contributed by atoms with Crippen molar-refractivity contribution in [2.24, 2.45) is 12.8 Å². The molecule has 0 radical (unpaired) electrons. The monoisotopic (exact) mass is 207 g/mol. The fourth-order valence-electron chi connectivity index (χ4n) is 1.53. The molecule has 2 rings (SSSR count). The van der Waals surface area contributed by atoms with E-state index in [2.05, 4.69) is 27.1 Å². The Kier molecular flexibility index (Phi) is 2.65. The molecule has 74 valence electrons. The zero-order valence-corrected chi connectivity index (χ0v) is 8.92. The third kappa shape index (κ3) is 1.58. The summed E-state index contributed by atoms with van der Waals surface area (Å²) in [4.78, 5) is 5.61. The van der Waals surface area contributed by atoms with Gasteiger partial charge in [-0.05, 0) is 18.0 Å². The Bertz CT molecular complexity index is 403. The molecule has 0 amide bonds. The van der Waals surface area contributed by atoms with Gasteiger partial charge in [0.25, 0.3) is 0 Å². The molecule has 4 heteroatoms. The highest BCUT2D eigenvalue weighted by molar-refractivity contribution is 7.13. The molecule has 14 heavy (non-hydrogen) atoms. The maximum Gasteiger partial charge on any atom is 0.0951 e. The summed E-state index contributed by atoms with van der Waals surface area (Å²) in [5, 5.41) is 2.08. The lowest BCUT2D eigenvalue weighted by Crippen LogP contribution is -2.04. The summed E-state index contributed by atoms with van der Waals surface area (Å²) in [6.07, 6.45) is 2.69. The van der Waals surface area contributed by atoms with Crippen LogP contribution in [0.15, 0.2) is 23.8 Å². The van der Waals surface area contributed by atoms with Gasteiger partial charge in [-0.15, -0.1) is 11.3 Å². The topological polar surface area (TPSA) is 43.8 Å². The van der Waals surface area contributed by atoms with Gasteiger partial charge in [-0.1, -0.05) is 6.07 Å². The lowest BCUT2D eigenvalue weighted by atomic mass is 10.2. The summed E-state index contributed by atoms with van der Waals surface area (Å²) in [5.74, 6) is 0. The minimum absolute atomic E-state index is 0.648. The van der Waals surface area contributed by atoms with Crippen molar-refractivity contribution < 1.29 is 0 Å². The van der Waals surface area contributed by atoms with Crippen LogP contribution in [0.1, 0.15) is 5.69 Å². The molecular weight excluding hydrogens is 194 g/mol. The molecule has 0 spiro atoms. The van der Waals surface area contributed by atoms with Gasteiger partial charge < -0.3 is 10.3 Å². The van der Waals surface area contributed by atoms with Crippen LogP contribution in [-0.2, 0) is 13.5 Å². The zero-order valence-electron chi connectivity index (χ0n) is 8.10. The highest BCUT2D eigenvalue weighted by Crippen LogP contribution is 2.27. The van der Waals surface area contributed by atoms with E-state index in [0.717, 1.165) is 12.1 Å². The first-order valence-corrected chi connectivity index (χ1v) is 5.45. The number of aryl methyl sites for hydroxylation is 1. The van der Waals surface area contributed by atoms with Gasteiger partial charge >= 0.3 is 0 Å². The first-order chi connectivity index (χ1) is 6.83. The number of imidazole rings is 1. The summed E-state index contributed by atoms with van der Waals surface area (Å²) in [5.41, 5.74) is 7.84. The Morgan fingerprint density at radius 2 is 2.43 bits per heavy atom. The number of hydrogen-bond acceptors (Lipinski definition) is 3. The van der Waals surface area contributed by atoms with Gasteiger partial charge in [-0.3, -0.25) is 0 Å². The van der Waals surface area contributed by atoms with Crippen LogP contribution >= 0.6 is 11.3 Å². The van der Waals surface area contributed by atoms with Crippen LogP contribution in [0.2, 0.25) is 0 Å². The van der Waals surface area contributed by atoms with Crippen molar-refractivity contribution in [1.29, 1.82) is 0 Å². The molecule has 0 atom stereocenters.